The molecule has 1 unspecified atom stereocenters. The molecule has 0 radical (unpaired) electrons. The molecule has 70 heavy (non-hydrogen) atoms. The average Bonchev–Trinajstić information content (AvgIpc) is 3.36. The molecular weight excluding hydrogens is 865 g/mol. The van der Waals surface area contributed by atoms with Gasteiger partial charge in [0.15, 0.2) is 6.10 Å². The first-order chi connectivity index (χ1) is 34.5. The fourth-order valence-electron chi connectivity index (χ4n) is 9.74. The van der Waals surface area contributed by atoms with Gasteiger partial charge in [-0.15, -0.1) is 0 Å². The molecule has 1 atom stereocenters. The lowest BCUT2D eigenvalue weighted by atomic mass is 10.0. The minimum Gasteiger partial charge on any atom is -0.462 e. The van der Waals surface area contributed by atoms with Gasteiger partial charge in [-0.25, -0.2) is 0 Å². The predicted octanol–water partition coefficient (Wildman–Crippen LogP) is 21.3. The predicted molar refractivity (Wildman–Crippen MR) is 303 cm³/mol. The van der Waals surface area contributed by atoms with Crippen LogP contribution in [-0.2, 0) is 28.6 Å². The van der Waals surface area contributed by atoms with Crippen LogP contribution in [0.3, 0.4) is 0 Å². The van der Waals surface area contributed by atoms with Gasteiger partial charge in [-0.2, -0.15) is 0 Å². The van der Waals surface area contributed by atoms with Crippen LogP contribution in [0.2, 0.25) is 0 Å². The first-order valence-corrected chi connectivity index (χ1v) is 31.7. The summed E-state index contributed by atoms with van der Waals surface area (Å²) in [7, 11) is 0. The number of allylic oxidation sites excluding steroid dienone is 2. The Kier molecular flexibility index (Phi) is 58.1. The van der Waals surface area contributed by atoms with Gasteiger partial charge in [0.05, 0.1) is 0 Å². The number of hydrogen-bond donors (Lipinski definition) is 0. The zero-order chi connectivity index (χ0) is 50.7. The summed E-state index contributed by atoms with van der Waals surface area (Å²) in [6.45, 7) is 6.71. The molecule has 0 heterocycles. The Balaban J connectivity index is 4.30. The third-order valence-corrected chi connectivity index (χ3v) is 14.5. The van der Waals surface area contributed by atoms with Crippen molar-refractivity contribution in [3.05, 3.63) is 12.2 Å². The summed E-state index contributed by atoms with van der Waals surface area (Å²) < 4.78 is 16.9. The summed E-state index contributed by atoms with van der Waals surface area (Å²) in [5.74, 6) is -0.838. The van der Waals surface area contributed by atoms with Crippen molar-refractivity contribution in [1.82, 2.24) is 0 Å². The normalized spacial score (nSPS) is 12.0. The Bertz CT molecular complexity index is 1090. The fraction of sp³-hybridized carbons (Fsp3) is 0.922. The second-order valence-electron chi connectivity index (χ2n) is 21.7. The van der Waals surface area contributed by atoms with Gasteiger partial charge in [0.1, 0.15) is 13.2 Å². The third kappa shape index (κ3) is 57.1. The lowest BCUT2D eigenvalue weighted by Crippen LogP contribution is -2.30. The number of carbonyl (C=O) groups excluding carboxylic acids is 3. The molecule has 0 amide bonds. The second kappa shape index (κ2) is 59.7. The topological polar surface area (TPSA) is 78.9 Å². The number of hydrogen-bond acceptors (Lipinski definition) is 6. The van der Waals surface area contributed by atoms with E-state index in [-0.39, 0.29) is 31.1 Å². The van der Waals surface area contributed by atoms with Crippen LogP contribution < -0.4 is 0 Å². The van der Waals surface area contributed by atoms with Crippen molar-refractivity contribution >= 4 is 17.9 Å². The number of esters is 3. The van der Waals surface area contributed by atoms with Gasteiger partial charge in [0, 0.05) is 19.3 Å². The molecule has 0 aromatic carbocycles. The van der Waals surface area contributed by atoms with E-state index in [4.69, 9.17) is 14.2 Å². The number of carbonyl (C=O) groups is 3. The molecule has 0 aromatic rings. The van der Waals surface area contributed by atoms with Crippen LogP contribution in [0.4, 0.5) is 0 Å². The standard InChI is InChI=1S/C64H122O6/c1-4-7-10-13-16-19-22-25-28-31-32-34-36-39-42-45-48-51-54-57-63(66)69-60-61(59-68-62(65)56-53-50-47-44-41-38-35-30-27-24-21-18-15-12-9-6-3)70-64(67)58-55-52-49-46-43-40-37-33-29-26-23-20-17-14-11-8-5-2/h31-32,61H,4-30,33-60H2,1-3H3/b32-31-. The molecule has 0 fully saturated rings. The summed E-state index contributed by atoms with van der Waals surface area (Å²) in [4.78, 5) is 38.3. The van der Waals surface area contributed by atoms with Crippen LogP contribution in [0.1, 0.15) is 361 Å². The van der Waals surface area contributed by atoms with Crippen molar-refractivity contribution in [3.63, 3.8) is 0 Å². The van der Waals surface area contributed by atoms with Gasteiger partial charge >= 0.3 is 17.9 Å². The molecule has 6 heteroatoms. The molecule has 0 aliphatic rings. The van der Waals surface area contributed by atoms with Crippen LogP contribution in [0, 0.1) is 0 Å². The Labute approximate surface area is 437 Å². The highest BCUT2D eigenvalue weighted by molar-refractivity contribution is 5.71. The summed E-state index contributed by atoms with van der Waals surface area (Å²) in [5.41, 5.74) is 0. The lowest BCUT2D eigenvalue weighted by molar-refractivity contribution is -0.167. The minimum atomic E-state index is -0.767. The van der Waals surface area contributed by atoms with E-state index in [1.165, 1.54) is 263 Å². The largest absolute Gasteiger partial charge is 0.462 e. The zero-order valence-electron chi connectivity index (χ0n) is 47.6. The first-order valence-electron chi connectivity index (χ1n) is 31.7. The Morgan fingerprint density at radius 1 is 0.271 bits per heavy atom. The van der Waals surface area contributed by atoms with Gasteiger partial charge in [-0.05, 0) is 44.9 Å². The van der Waals surface area contributed by atoms with Gasteiger partial charge in [0.25, 0.3) is 0 Å². The van der Waals surface area contributed by atoms with Crippen LogP contribution in [0.5, 0.6) is 0 Å². The molecule has 414 valence electrons. The van der Waals surface area contributed by atoms with Crippen LogP contribution in [0.25, 0.3) is 0 Å². The van der Waals surface area contributed by atoms with E-state index in [0.717, 1.165) is 57.8 Å². The van der Waals surface area contributed by atoms with Crippen LogP contribution in [-0.4, -0.2) is 37.2 Å². The molecule has 0 rings (SSSR count). The van der Waals surface area contributed by atoms with Crippen molar-refractivity contribution in [2.24, 2.45) is 0 Å². The Hall–Kier alpha value is -1.85. The van der Waals surface area contributed by atoms with Crippen molar-refractivity contribution in [2.75, 3.05) is 13.2 Å². The van der Waals surface area contributed by atoms with Crippen LogP contribution >= 0.6 is 0 Å². The third-order valence-electron chi connectivity index (χ3n) is 14.5. The van der Waals surface area contributed by atoms with Crippen LogP contribution in [0.15, 0.2) is 12.2 Å². The molecule has 0 aliphatic carbocycles. The Morgan fingerprint density at radius 3 is 0.714 bits per heavy atom. The lowest BCUT2D eigenvalue weighted by Gasteiger charge is -2.18. The second-order valence-corrected chi connectivity index (χ2v) is 21.7. The highest BCUT2D eigenvalue weighted by atomic mass is 16.6. The maximum Gasteiger partial charge on any atom is 0.306 e. The van der Waals surface area contributed by atoms with Gasteiger partial charge in [0.2, 0.25) is 0 Å². The van der Waals surface area contributed by atoms with Crippen molar-refractivity contribution < 1.29 is 28.6 Å². The van der Waals surface area contributed by atoms with E-state index in [0.29, 0.717) is 19.3 Å². The molecule has 0 saturated heterocycles. The summed E-state index contributed by atoms with van der Waals surface area (Å²) in [6, 6.07) is 0. The minimum absolute atomic E-state index is 0.0647. The highest BCUT2D eigenvalue weighted by Crippen LogP contribution is 2.18. The molecule has 0 aliphatic heterocycles. The van der Waals surface area contributed by atoms with Crippen molar-refractivity contribution in [1.29, 1.82) is 0 Å². The van der Waals surface area contributed by atoms with E-state index < -0.39 is 6.10 Å². The molecule has 0 saturated carbocycles. The number of unbranched alkanes of at least 4 members (excludes halogenated alkanes) is 46. The SMILES string of the molecule is CCCCCCCCCC/C=C\CCCCCCCCCC(=O)OCC(COC(=O)CCCCCCCCCCCCCCCCCC)OC(=O)CCCCCCCCCCCCCCCCCCC. The quantitative estimate of drug-likeness (QED) is 0.0261. The maximum atomic E-state index is 12.9. The first kappa shape index (κ1) is 68.2. The molecule has 0 bridgehead atoms. The molecular formula is C64H122O6. The Morgan fingerprint density at radius 2 is 0.471 bits per heavy atom. The van der Waals surface area contributed by atoms with Gasteiger partial charge in [-0.1, -0.05) is 309 Å². The maximum absolute atomic E-state index is 12.9. The summed E-state index contributed by atoms with van der Waals surface area (Å²) in [5, 5.41) is 0. The molecule has 0 aromatic heterocycles. The number of ether oxygens (including phenoxy) is 3. The monoisotopic (exact) mass is 987 g/mol. The van der Waals surface area contributed by atoms with E-state index in [1.807, 2.05) is 0 Å². The van der Waals surface area contributed by atoms with Crippen molar-refractivity contribution in [3.8, 4) is 0 Å². The average molecular weight is 988 g/mol. The van der Waals surface area contributed by atoms with Crippen molar-refractivity contribution in [2.45, 2.75) is 367 Å². The van der Waals surface area contributed by atoms with Gasteiger partial charge in [-0.3, -0.25) is 14.4 Å². The zero-order valence-corrected chi connectivity index (χ0v) is 47.6. The highest BCUT2D eigenvalue weighted by Gasteiger charge is 2.19. The van der Waals surface area contributed by atoms with E-state index in [1.54, 1.807) is 0 Å². The van der Waals surface area contributed by atoms with E-state index in [2.05, 4.69) is 32.9 Å². The number of rotatable bonds is 59. The fourth-order valence-corrected chi connectivity index (χ4v) is 9.74. The smallest absolute Gasteiger partial charge is 0.306 e. The molecule has 0 spiro atoms. The summed E-state index contributed by atoms with van der Waals surface area (Å²) in [6.07, 6.45) is 69.2. The molecule has 0 N–H and O–H groups in total. The van der Waals surface area contributed by atoms with E-state index >= 15 is 0 Å². The molecule has 6 nitrogen and oxygen atoms in total. The summed E-state index contributed by atoms with van der Waals surface area (Å²) >= 11 is 0. The van der Waals surface area contributed by atoms with Gasteiger partial charge < -0.3 is 14.2 Å². The van der Waals surface area contributed by atoms with E-state index in [9.17, 15) is 14.4 Å².